The fourth-order valence-electron chi connectivity index (χ4n) is 1.60. The van der Waals surface area contributed by atoms with E-state index in [4.69, 9.17) is 5.11 Å². The van der Waals surface area contributed by atoms with Gasteiger partial charge in [0.2, 0.25) is 5.91 Å². The highest BCUT2D eigenvalue weighted by atomic mass is 16.3. The van der Waals surface area contributed by atoms with Crippen LogP contribution in [-0.4, -0.2) is 23.3 Å². The zero-order chi connectivity index (χ0) is 10.8. The molecule has 4 heteroatoms. The van der Waals surface area contributed by atoms with Crippen LogP contribution in [0.4, 0.5) is 5.69 Å². The van der Waals surface area contributed by atoms with Gasteiger partial charge in [-0.2, -0.15) is 0 Å². The van der Waals surface area contributed by atoms with E-state index in [1.807, 2.05) is 0 Å². The van der Waals surface area contributed by atoms with Gasteiger partial charge in [-0.05, 0) is 17.7 Å². The molecule has 0 bridgehead atoms. The molecular formula is C11H11NO3. The van der Waals surface area contributed by atoms with E-state index in [1.165, 1.54) is 4.90 Å². The molecule has 0 aromatic heterocycles. The standard InChI is InChI=1S/C11H11NO3/c13-7-8-1-3-9(4-2-8)12-6-10(14)5-11(12)15/h1-4,13H,5-7H2. The number of Topliss-reactive ketones (excluding diaryl/α,β-unsaturated/α-hetero) is 1. The Hall–Kier alpha value is -1.68. The lowest BCUT2D eigenvalue weighted by molar-refractivity contribution is -0.121. The van der Waals surface area contributed by atoms with Crippen LogP contribution in [0.15, 0.2) is 24.3 Å². The Morgan fingerprint density at radius 2 is 1.87 bits per heavy atom. The van der Waals surface area contributed by atoms with Crippen LogP contribution in [-0.2, 0) is 16.2 Å². The van der Waals surface area contributed by atoms with E-state index in [1.54, 1.807) is 24.3 Å². The van der Waals surface area contributed by atoms with E-state index < -0.39 is 0 Å². The van der Waals surface area contributed by atoms with Gasteiger partial charge in [0.1, 0.15) is 0 Å². The van der Waals surface area contributed by atoms with Crippen molar-refractivity contribution in [3.63, 3.8) is 0 Å². The monoisotopic (exact) mass is 205 g/mol. The topological polar surface area (TPSA) is 57.6 Å². The summed E-state index contributed by atoms with van der Waals surface area (Å²) >= 11 is 0. The van der Waals surface area contributed by atoms with Gasteiger partial charge in [0.15, 0.2) is 5.78 Å². The van der Waals surface area contributed by atoms with Crippen LogP contribution in [0.2, 0.25) is 0 Å². The van der Waals surface area contributed by atoms with E-state index in [2.05, 4.69) is 0 Å². The van der Waals surface area contributed by atoms with Gasteiger partial charge in [-0.3, -0.25) is 9.59 Å². The van der Waals surface area contributed by atoms with Crippen LogP contribution >= 0.6 is 0 Å². The molecule has 1 N–H and O–H groups in total. The number of amides is 1. The Morgan fingerprint density at radius 3 is 2.33 bits per heavy atom. The molecular weight excluding hydrogens is 194 g/mol. The third-order valence-electron chi connectivity index (χ3n) is 2.41. The van der Waals surface area contributed by atoms with E-state index in [-0.39, 0.29) is 31.3 Å². The molecule has 1 saturated heterocycles. The number of hydrogen-bond donors (Lipinski definition) is 1. The van der Waals surface area contributed by atoms with Crippen molar-refractivity contribution in [3.05, 3.63) is 29.8 Å². The second-order valence-electron chi connectivity index (χ2n) is 3.52. The SMILES string of the molecule is O=C1CC(=O)N(c2ccc(CO)cc2)C1. The summed E-state index contributed by atoms with van der Waals surface area (Å²) in [5.74, 6) is -0.206. The number of aliphatic hydroxyl groups is 1. The molecule has 1 aliphatic heterocycles. The summed E-state index contributed by atoms with van der Waals surface area (Å²) in [7, 11) is 0. The molecule has 4 nitrogen and oxygen atoms in total. The number of nitrogens with zero attached hydrogens (tertiary/aromatic N) is 1. The Kier molecular flexibility index (Phi) is 2.51. The Labute approximate surface area is 87.1 Å². The van der Waals surface area contributed by atoms with Crippen LogP contribution in [0.25, 0.3) is 0 Å². The Balaban J connectivity index is 2.22. The molecule has 0 aliphatic carbocycles. The molecule has 0 saturated carbocycles. The maximum absolute atomic E-state index is 11.4. The van der Waals surface area contributed by atoms with Crippen LogP contribution < -0.4 is 4.90 Å². The van der Waals surface area contributed by atoms with Gasteiger partial charge >= 0.3 is 0 Å². The Morgan fingerprint density at radius 1 is 1.20 bits per heavy atom. The van der Waals surface area contributed by atoms with Crippen molar-refractivity contribution in [2.45, 2.75) is 13.0 Å². The van der Waals surface area contributed by atoms with E-state index in [9.17, 15) is 9.59 Å². The first-order valence-electron chi connectivity index (χ1n) is 4.72. The minimum atomic E-state index is -0.156. The number of hydrogen-bond acceptors (Lipinski definition) is 3. The molecule has 78 valence electrons. The highest BCUT2D eigenvalue weighted by Crippen LogP contribution is 2.20. The second kappa shape index (κ2) is 3.82. The van der Waals surface area contributed by atoms with E-state index in [0.29, 0.717) is 5.69 Å². The predicted molar refractivity (Wildman–Crippen MR) is 54.3 cm³/mol. The van der Waals surface area contributed by atoms with E-state index >= 15 is 0 Å². The fraction of sp³-hybridized carbons (Fsp3) is 0.273. The molecule has 1 amide bonds. The van der Waals surface area contributed by atoms with Gasteiger partial charge in [-0.25, -0.2) is 0 Å². The van der Waals surface area contributed by atoms with Crippen LogP contribution in [0, 0.1) is 0 Å². The van der Waals surface area contributed by atoms with Gasteiger partial charge < -0.3 is 10.0 Å². The van der Waals surface area contributed by atoms with Crippen molar-refractivity contribution in [1.29, 1.82) is 0 Å². The third-order valence-corrected chi connectivity index (χ3v) is 2.41. The number of benzene rings is 1. The largest absolute Gasteiger partial charge is 0.392 e. The lowest BCUT2D eigenvalue weighted by atomic mass is 10.2. The quantitative estimate of drug-likeness (QED) is 0.714. The van der Waals surface area contributed by atoms with Gasteiger partial charge in [-0.15, -0.1) is 0 Å². The summed E-state index contributed by atoms with van der Waals surface area (Å²) in [6.45, 7) is 0.143. The molecule has 1 heterocycles. The number of anilines is 1. The van der Waals surface area contributed by atoms with Gasteiger partial charge in [-0.1, -0.05) is 12.1 Å². The summed E-state index contributed by atoms with van der Waals surface area (Å²) in [5, 5.41) is 8.85. The van der Waals surface area contributed by atoms with Crippen molar-refractivity contribution >= 4 is 17.4 Å². The maximum Gasteiger partial charge on any atom is 0.234 e. The van der Waals surface area contributed by atoms with Gasteiger partial charge in [0, 0.05) is 5.69 Å². The summed E-state index contributed by atoms with van der Waals surface area (Å²) in [6, 6.07) is 6.96. The lowest BCUT2D eigenvalue weighted by Crippen LogP contribution is -2.24. The van der Waals surface area contributed by atoms with Gasteiger partial charge in [0.05, 0.1) is 19.6 Å². The molecule has 1 fully saturated rings. The summed E-state index contributed by atoms with van der Waals surface area (Å²) < 4.78 is 0. The first-order chi connectivity index (χ1) is 7.20. The Bertz CT molecular complexity index is 397. The van der Waals surface area contributed by atoms with Crippen molar-refractivity contribution in [1.82, 2.24) is 0 Å². The van der Waals surface area contributed by atoms with Crippen LogP contribution in [0.1, 0.15) is 12.0 Å². The van der Waals surface area contributed by atoms with Crippen LogP contribution in [0.5, 0.6) is 0 Å². The van der Waals surface area contributed by atoms with Crippen molar-refractivity contribution < 1.29 is 14.7 Å². The summed E-state index contributed by atoms with van der Waals surface area (Å²) in [5.41, 5.74) is 1.50. The molecule has 0 spiro atoms. The average Bonchev–Trinajstić information content (AvgIpc) is 2.58. The molecule has 1 aromatic rings. The zero-order valence-corrected chi connectivity index (χ0v) is 8.14. The maximum atomic E-state index is 11.4. The predicted octanol–water partition coefficient (Wildman–Crippen LogP) is 0.485. The second-order valence-corrected chi connectivity index (χ2v) is 3.52. The minimum Gasteiger partial charge on any atom is -0.392 e. The zero-order valence-electron chi connectivity index (χ0n) is 8.14. The molecule has 1 aromatic carbocycles. The average molecular weight is 205 g/mol. The smallest absolute Gasteiger partial charge is 0.234 e. The minimum absolute atomic E-state index is 0.00174. The van der Waals surface area contributed by atoms with E-state index in [0.717, 1.165) is 5.56 Å². The normalized spacial score (nSPS) is 16.2. The summed E-state index contributed by atoms with van der Waals surface area (Å²) in [6.07, 6.45) is 0.00174. The first kappa shape index (κ1) is 9.86. The van der Waals surface area contributed by atoms with Crippen molar-refractivity contribution in [3.8, 4) is 0 Å². The summed E-state index contributed by atoms with van der Waals surface area (Å²) in [4.78, 5) is 23.9. The molecule has 0 atom stereocenters. The molecule has 2 rings (SSSR count). The first-order valence-corrected chi connectivity index (χ1v) is 4.72. The number of aliphatic hydroxyl groups excluding tert-OH is 1. The number of rotatable bonds is 2. The van der Waals surface area contributed by atoms with Crippen molar-refractivity contribution in [2.75, 3.05) is 11.4 Å². The third kappa shape index (κ3) is 1.89. The number of ketones is 1. The van der Waals surface area contributed by atoms with Crippen LogP contribution in [0.3, 0.4) is 0 Å². The molecule has 15 heavy (non-hydrogen) atoms. The molecule has 0 radical (unpaired) electrons. The number of carbonyl (C=O) groups excluding carboxylic acids is 2. The molecule has 0 unspecified atom stereocenters. The number of carbonyl (C=O) groups is 2. The molecule has 1 aliphatic rings. The van der Waals surface area contributed by atoms with Crippen molar-refractivity contribution in [2.24, 2.45) is 0 Å². The highest BCUT2D eigenvalue weighted by molar-refractivity contribution is 6.14. The lowest BCUT2D eigenvalue weighted by Gasteiger charge is -2.14. The highest BCUT2D eigenvalue weighted by Gasteiger charge is 2.28. The van der Waals surface area contributed by atoms with Gasteiger partial charge in [0.25, 0.3) is 0 Å². The fourth-order valence-corrected chi connectivity index (χ4v) is 1.60.